The van der Waals surface area contributed by atoms with Gasteiger partial charge in [0.25, 0.3) is 0 Å². The maximum Gasteiger partial charge on any atom is 0.0847 e. The minimum Gasteiger partial charge on any atom is -0.313 e. The summed E-state index contributed by atoms with van der Waals surface area (Å²) in [4.78, 5) is 0. The van der Waals surface area contributed by atoms with Gasteiger partial charge in [0.15, 0.2) is 0 Å². The van der Waals surface area contributed by atoms with E-state index < -0.39 is 0 Å². The molecule has 0 aliphatic heterocycles. The van der Waals surface area contributed by atoms with Gasteiger partial charge in [-0.05, 0) is 19.9 Å². The van der Waals surface area contributed by atoms with Crippen LogP contribution in [0.3, 0.4) is 0 Å². The minimum absolute atomic E-state index is 0.290. The third-order valence-electron chi connectivity index (χ3n) is 3.10. The largest absolute Gasteiger partial charge is 0.313 e. The van der Waals surface area contributed by atoms with Crippen LogP contribution in [0.4, 0.5) is 0 Å². The topological polar surface area (TPSA) is 29.9 Å². The first kappa shape index (κ1) is 17.9. The van der Waals surface area contributed by atoms with Crippen LogP contribution < -0.4 is 5.32 Å². The van der Waals surface area contributed by atoms with E-state index >= 15 is 0 Å². The van der Waals surface area contributed by atoms with Crippen LogP contribution >= 0.6 is 23.4 Å². The summed E-state index contributed by atoms with van der Waals surface area (Å²) < 4.78 is 2.21. The van der Waals surface area contributed by atoms with Gasteiger partial charge in [0.1, 0.15) is 0 Å². The van der Waals surface area contributed by atoms with Crippen LogP contribution in [-0.2, 0) is 13.5 Å². The number of rotatable bonds is 7. The first-order chi connectivity index (χ1) is 9.24. The number of nitrogens with one attached hydrogen (secondary N) is 1. The number of aryl methyl sites for hydroxylation is 2. The first-order valence-corrected chi connectivity index (χ1v) is 8.66. The molecule has 0 aliphatic rings. The molecule has 3 nitrogen and oxygen atoms in total. The predicted octanol–water partition coefficient (Wildman–Crippen LogP) is 3.82. The average molecular weight is 318 g/mol. The van der Waals surface area contributed by atoms with Gasteiger partial charge in [-0.1, -0.05) is 39.3 Å². The fourth-order valence-corrected chi connectivity index (χ4v) is 3.20. The summed E-state index contributed by atoms with van der Waals surface area (Å²) >= 11 is 8.36. The van der Waals surface area contributed by atoms with E-state index in [1.54, 1.807) is 0 Å². The van der Waals surface area contributed by atoms with E-state index in [1.165, 1.54) is 0 Å². The lowest BCUT2D eigenvalue weighted by atomic mass is 10.1. The molecule has 116 valence electrons. The number of hydrogen-bond acceptors (Lipinski definition) is 3. The zero-order chi connectivity index (χ0) is 15.3. The van der Waals surface area contributed by atoms with Crippen molar-refractivity contribution in [2.45, 2.75) is 58.2 Å². The van der Waals surface area contributed by atoms with Gasteiger partial charge in [0, 0.05) is 30.0 Å². The van der Waals surface area contributed by atoms with Crippen molar-refractivity contribution in [2.75, 3.05) is 12.3 Å². The summed E-state index contributed by atoms with van der Waals surface area (Å²) in [7, 11) is 1.97. The fraction of sp³-hybridized carbons (Fsp3) is 0.800. The smallest absolute Gasteiger partial charge is 0.0847 e. The van der Waals surface area contributed by atoms with Crippen LogP contribution in [0, 0.1) is 6.92 Å². The molecule has 0 saturated heterocycles. The molecule has 0 bridgehead atoms. The van der Waals surface area contributed by atoms with Gasteiger partial charge in [-0.25, -0.2) is 0 Å². The maximum absolute atomic E-state index is 6.36. The molecule has 1 unspecified atom stereocenters. The second-order valence-electron chi connectivity index (χ2n) is 6.25. The molecule has 1 heterocycles. The summed E-state index contributed by atoms with van der Waals surface area (Å²) in [6.45, 7) is 12.0. The highest BCUT2D eigenvalue weighted by molar-refractivity contribution is 8.00. The summed E-state index contributed by atoms with van der Waals surface area (Å²) in [6, 6.07) is 0.437. The van der Waals surface area contributed by atoms with E-state index in [4.69, 9.17) is 11.6 Å². The Bertz CT molecular complexity index is 423. The molecule has 1 atom stereocenters. The Kier molecular flexibility index (Phi) is 6.89. The van der Waals surface area contributed by atoms with Crippen molar-refractivity contribution in [2.24, 2.45) is 7.05 Å². The molecular formula is C15H28ClN3S. The molecule has 1 rings (SSSR count). The van der Waals surface area contributed by atoms with Crippen molar-refractivity contribution in [3.8, 4) is 0 Å². The molecule has 0 aliphatic carbocycles. The van der Waals surface area contributed by atoms with E-state index in [-0.39, 0.29) is 4.75 Å². The SMILES string of the molecule is CCCNC(CSC(C)(C)C)Cc1c(Cl)c(C)nn1C. The monoisotopic (exact) mass is 317 g/mol. The van der Waals surface area contributed by atoms with Crippen LogP contribution in [0.25, 0.3) is 0 Å². The van der Waals surface area contributed by atoms with Gasteiger partial charge >= 0.3 is 0 Å². The van der Waals surface area contributed by atoms with Gasteiger partial charge in [-0.3, -0.25) is 4.68 Å². The van der Waals surface area contributed by atoms with Crippen molar-refractivity contribution >= 4 is 23.4 Å². The third-order valence-corrected chi connectivity index (χ3v) is 5.03. The van der Waals surface area contributed by atoms with E-state index in [2.05, 4.69) is 38.1 Å². The number of aromatic nitrogens is 2. The van der Waals surface area contributed by atoms with Crippen molar-refractivity contribution < 1.29 is 0 Å². The van der Waals surface area contributed by atoms with Crippen molar-refractivity contribution in [3.05, 3.63) is 16.4 Å². The van der Waals surface area contributed by atoms with Crippen LogP contribution in [0.15, 0.2) is 0 Å². The summed E-state index contributed by atoms with van der Waals surface area (Å²) in [5, 5.41) is 8.85. The zero-order valence-corrected chi connectivity index (χ0v) is 15.2. The molecule has 0 radical (unpaired) electrons. The summed E-state index contributed by atoms with van der Waals surface area (Å²) in [5.41, 5.74) is 2.05. The minimum atomic E-state index is 0.290. The highest BCUT2D eigenvalue weighted by Gasteiger charge is 2.19. The zero-order valence-electron chi connectivity index (χ0n) is 13.6. The number of thioether (sulfide) groups is 1. The number of hydrogen-bond donors (Lipinski definition) is 1. The maximum atomic E-state index is 6.36. The van der Waals surface area contributed by atoms with E-state index in [1.807, 2.05) is 30.4 Å². The van der Waals surface area contributed by atoms with Gasteiger partial charge < -0.3 is 5.32 Å². The molecule has 20 heavy (non-hydrogen) atoms. The molecule has 1 N–H and O–H groups in total. The number of nitrogens with zero attached hydrogens (tertiary/aromatic N) is 2. The highest BCUT2D eigenvalue weighted by atomic mass is 35.5. The quantitative estimate of drug-likeness (QED) is 0.829. The van der Waals surface area contributed by atoms with Gasteiger partial charge in [0.2, 0.25) is 0 Å². The standard InChI is InChI=1S/C15H28ClN3S/c1-7-8-17-12(10-20-15(3,4)5)9-13-14(16)11(2)18-19(13)6/h12,17H,7-10H2,1-6H3. The Morgan fingerprint density at radius 3 is 2.50 bits per heavy atom. The second kappa shape index (κ2) is 7.71. The van der Waals surface area contributed by atoms with Crippen molar-refractivity contribution in [1.29, 1.82) is 0 Å². The Labute approximate surface area is 132 Å². The molecule has 1 aromatic rings. The second-order valence-corrected chi connectivity index (χ2v) is 8.47. The third kappa shape index (κ3) is 5.66. The lowest BCUT2D eigenvalue weighted by Gasteiger charge is -2.24. The Hall–Kier alpha value is -0.190. The first-order valence-electron chi connectivity index (χ1n) is 7.30. The van der Waals surface area contributed by atoms with Gasteiger partial charge in [0.05, 0.1) is 16.4 Å². The Morgan fingerprint density at radius 1 is 1.40 bits per heavy atom. The van der Waals surface area contributed by atoms with Gasteiger partial charge in [-0.2, -0.15) is 16.9 Å². The van der Waals surface area contributed by atoms with Crippen LogP contribution in [0.1, 0.15) is 45.5 Å². The van der Waals surface area contributed by atoms with E-state index in [9.17, 15) is 0 Å². The molecule has 5 heteroatoms. The normalized spacial score (nSPS) is 13.8. The summed E-state index contributed by atoms with van der Waals surface area (Å²) in [5.74, 6) is 1.09. The molecular weight excluding hydrogens is 290 g/mol. The van der Waals surface area contributed by atoms with Crippen LogP contribution in [0.2, 0.25) is 5.02 Å². The molecule has 0 amide bonds. The van der Waals surface area contributed by atoms with Gasteiger partial charge in [-0.15, -0.1) is 0 Å². The van der Waals surface area contributed by atoms with Crippen molar-refractivity contribution in [1.82, 2.24) is 15.1 Å². The van der Waals surface area contributed by atoms with E-state index in [0.717, 1.165) is 41.5 Å². The number of halogens is 1. The van der Waals surface area contributed by atoms with Crippen molar-refractivity contribution in [3.63, 3.8) is 0 Å². The fourth-order valence-electron chi connectivity index (χ4n) is 2.02. The Balaban J connectivity index is 2.73. The molecule has 0 saturated carbocycles. The average Bonchev–Trinajstić information content (AvgIpc) is 2.57. The highest BCUT2D eigenvalue weighted by Crippen LogP contribution is 2.26. The summed E-state index contributed by atoms with van der Waals surface area (Å²) in [6.07, 6.45) is 2.08. The predicted molar refractivity (Wildman–Crippen MR) is 91.0 cm³/mol. The Morgan fingerprint density at radius 2 is 2.05 bits per heavy atom. The van der Waals surface area contributed by atoms with E-state index in [0.29, 0.717) is 6.04 Å². The molecule has 0 fully saturated rings. The lowest BCUT2D eigenvalue weighted by Crippen LogP contribution is -2.35. The van der Waals surface area contributed by atoms with Crippen LogP contribution in [0.5, 0.6) is 0 Å². The molecule has 1 aromatic heterocycles. The van der Waals surface area contributed by atoms with Crippen LogP contribution in [-0.4, -0.2) is 32.9 Å². The molecule has 0 aromatic carbocycles. The lowest BCUT2D eigenvalue weighted by molar-refractivity contribution is 0.530. The molecule has 0 spiro atoms.